The number of nitrogens with one attached hydrogen (secondary N) is 1. The normalized spacial score (nSPS) is 41.6. The van der Waals surface area contributed by atoms with E-state index in [0.717, 1.165) is 24.8 Å². The molecule has 344 valence electrons. The molecule has 12 heteroatoms. The lowest BCUT2D eigenvalue weighted by Gasteiger charge is -2.54. The van der Waals surface area contributed by atoms with Crippen molar-refractivity contribution in [1.82, 2.24) is 5.32 Å². The zero-order valence-electron chi connectivity index (χ0n) is 38.4. The van der Waals surface area contributed by atoms with Gasteiger partial charge in [-0.1, -0.05) is 79.1 Å². The third-order valence-corrected chi connectivity index (χ3v) is 16.1. The third-order valence-electron chi connectivity index (χ3n) is 15.8. The van der Waals surface area contributed by atoms with E-state index in [1.807, 2.05) is 78.8 Å². The maximum Gasteiger partial charge on any atom is 0.225 e. The van der Waals surface area contributed by atoms with Crippen LogP contribution in [0, 0.1) is 41.4 Å². The van der Waals surface area contributed by atoms with Crippen molar-refractivity contribution in [2.24, 2.45) is 41.4 Å². The SMILES string of the molecule is CC[C@@H](C(=O)[C@@H](C)[C@@H](O)[C@H](C)[C@@H]1O[C@@H]([C@@H](CC)C(=O)NCc2ccc(Cl)cc2)CC[C@@H]1C)[C@H]1O[C@@]2(C=C[C@@H](O)[C@@]3(CC[C@@](C)([C@H]4CC[C@](O)(CC)[C@H](C)O4)O3)O2)[C@H](C)C[C@@H]1C. The number of aliphatic hydroxyl groups is 3. The van der Waals surface area contributed by atoms with Gasteiger partial charge in [0.15, 0.2) is 5.79 Å². The van der Waals surface area contributed by atoms with Gasteiger partial charge in [0.25, 0.3) is 0 Å². The Morgan fingerprint density at radius 3 is 2.23 bits per heavy atom. The minimum atomic E-state index is -1.37. The van der Waals surface area contributed by atoms with Gasteiger partial charge in [0.05, 0.1) is 53.7 Å². The lowest BCUT2D eigenvalue weighted by atomic mass is 9.72. The van der Waals surface area contributed by atoms with E-state index >= 15 is 0 Å². The molecule has 1 aromatic carbocycles. The molecule has 5 aliphatic rings. The van der Waals surface area contributed by atoms with Crippen LogP contribution in [-0.4, -0.2) is 92.5 Å². The zero-order chi connectivity index (χ0) is 44.7. The first kappa shape index (κ1) is 48.5. The minimum Gasteiger partial charge on any atom is -0.392 e. The average Bonchev–Trinajstić information content (AvgIpc) is 3.59. The summed E-state index contributed by atoms with van der Waals surface area (Å²) in [6, 6.07) is 7.42. The number of hydrogen-bond donors (Lipinski definition) is 4. The Bertz CT molecular complexity index is 1690. The third kappa shape index (κ3) is 9.72. The monoisotopic (exact) mass is 874 g/mol. The summed E-state index contributed by atoms with van der Waals surface area (Å²) in [5, 5.41) is 38.3. The van der Waals surface area contributed by atoms with Gasteiger partial charge < -0.3 is 44.3 Å². The van der Waals surface area contributed by atoms with Crippen LogP contribution in [0.25, 0.3) is 0 Å². The molecule has 0 aromatic heterocycles. The van der Waals surface area contributed by atoms with E-state index in [1.54, 1.807) is 6.08 Å². The first-order valence-corrected chi connectivity index (χ1v) is 23.9. The van der Waals surface area contributed by atoms with Gasteiger partial charge in [0.1, 0.15) is 11.9 Å². The standard InChI is InChI=1S/C49H76ClNO10/c1-11-36(45(55)51-27-34-15-17-35(50)18-16-34)38-19-14-28(4)43(58-38)32(8)41(53)31(7)42(54)37(12-2)44-29(5)26-30(6)48(59-44)23-20-39(52)49(61-48)25-24-46(10,60-49)40-21-22-47(56,13-3)33(9)57-40/h15-18,20,23,28-33,36-41,43-44,52-53,56H,11-14,19,21-22,24-27H2,1-10H3,(H,51,55)/t28-,29-,30+,31-,32-,33-,36+,37-,38+,39+,40+,41+,43+,44-,46-,47+,48+,49+/m0/s1. The zero-order valence-corrected chi connectivity index (χ0v) is 39.2. The molecule has 6 rings (SSSR count). The number of rotatable bonds is 14. The first-order chi connectivity index (χ1) is 28.8. The summed E-state index contributed by atoms with van der Waals surface area (Å²) in [7, 11) is 0. The van der Waals surface area contributed by atoms with Crippen molar-refractivity contribution >= 4 is 23.3 Å². The van der Waals surface area contributed by atoms with E-state index in [0.29, 0.717) is 56.5 Å². The second kappa shape index (κ2) is 19.3. The number of benzene rings is 1. The molecule has 0 aliphatic carbocycles. The van der Waals surface area contributed by atoms with E-state index < -0.39 is 52.9 Å². The Balaban J connectivity index is 1.12. The Kier molecular flexibility index (Phi) is 15.3. The molecule has 0 bridgehead atoms. The number of ether oxygens (including phenoxy) is 5. The van der Waals surface area contributed by atoms with Crippen molar-refractivity contribution in [3.63, 3.8) is 0 Å². The predicted octanol–water partition coefficient (Wildman–Crippen LogP) is 8.07. The van der Waals surface area contributed by atoms with Crippen molar-refractivity contribution in [1.29, 1.82) is 0 Å². The number of hydrogen-bond acceptors (Lipinski definition) is 10. The summed E-state index contributed by atoms with van der Waals surface area (Å²) in [4.78, 5) is 28.1. The highest BCUT2D eigenvalue weighted by atomic mass is 35.5. The molecule has 0 unspecified atom stereocenters. The second-order valence-electron chi connectivity index (χ2n) is 19.9. The highest BCUT2D eigenvalue weighted by Gasteiger charge is 2.63. The van der Waals surface area contributed by atoms with Gasteiger partial charge in [0, 0.05) is 41.7 Å². The number of carbonyl (C=O) groups is 2. The highest BCUT2D eigenvalue weighted by Crippen LogP contribution is 2.54. The summed E-state index contributed by atoms with van der Waals surface area (Å²) in [5.74, 6) is -4.65. The molecule has 4 saturated heterocycles. The summed E-state index contributed by atoms with van der Waals surface area (Å²) in [5.41, 5.74) is -0.673. The topological polar surface area (TPSA) is 153 Å². The molecular weight excluding hydrogens is 798 g/mol. The first-order valence-electron chi connectivity index (χ1n) is 23.5. The van der Waals surface area contributed by atoms with Crippen LogP contribution in [0.2, 0.25) is 5.02 Å². The van der Waals surface area contributed by atoms with Crippen LogP contribution in [0.1, 0.15) is 139 Å². The number of carbonyl (C=O) groups excluding carboxylic acids is 2. The van der Waals surface area contributed by atoms with Gasteiger partial charge in [-0.2, -0.15) is 0 Å². The van der Waals surface area contributed by atoms with Crippen molar-refractivity contribution in [3.8, 4) is 0 Å². The molecule has 0 saturated carbocycles. The summed E-state index contributed by atoms with van der Waals surface area (Å²) < 4.78 is 34.0. The number of amides is 1. The second-order valence-corrected chi connectivity index (χ2v) is 20.4. The lowest BCUT2D eigenvalue weighted by Crippen LogP contribution is -2.63. The van der Waals surface area contributed by atoms with E-state index in [-0.39, 0.29) is 65.7 Å². The van der Waals surface area contributed by atoms with Crippen LogP contribution in [0.3, 0.4) is 0 Å². The number of halogens is 1. The van der Waals surface area contributed by atoms with E-state index in [1.165, 1.54) is 0 Å². The van der Waals surface area contributed by atoms with Crippen LogP contribution in [0.5, 0.6) is 0 Å². The Morgan fingerprint density at radius 2 is 1.59 bits per heavy atom. The van der Waals surface area contributed by atoms with Gasteiger partial charge in [0.2, 0.25) is 11.7 Å². The van der Waals surface area contributed by atoms with Crippen LogP contribution in [0.4, 0.5) is 0 Å². The molecule has 5 aliphatic heterocycles. The maximum absolute atomic E-state index is 14.7. The molecule has 11 nitrogen and oxygen atoms in total. The van der Waals surface area contributed by atoms with E-state index in [2.05, 4.69) is 26.1 Å². The van der Waals surface area contributed by atoms with Crippen LogP contribution in [-0.2, 0) is 39.8 Å². The summed E-state index contributed by atoms with van der Waals surface area (Å²) in [6.07, 6.45) is 6.00. The quantitative estimate of drug-likeness (QED) is 0.135. The molecule has 5 heterocycles. The van der Waals surface area contributed by atoms with Crippen LogP contribution < -0.4 is 5.32 Å². The van der Waals surface area contributed by atoms with E-state index in [9.17, 15) is 24.9 Å². The Morgan fingerprint density at radius 1 is 0.902 bits per heavy atom. The van der Waals surface area contributed by atoms with Gasteiger partial charge in [-0.3, -0.25) is 9.59 Å². The summed E-state index contributed by atoms with van der Waals surface area (Å²) in [6.45, 7) is 20.4. The van der Waals surface area contributed by atoms with Crippen molar-refractivity contribution < 1.29 is 48.6 Å². The number of aliphatic hydroxyl groups excluding tert-OH is 2. The molecule has 1 amide bonds. The smallest absolute Gasteiger partial charge is 0.225 e. The maximum atomic E-state index is 14.7. The van der Waals surface area contributed by atoms with Gasteiger partial charge in [-0.05, 0) is 113 Å². The average molecular weight is 875 g/mol. The van der Waals surface area contributed by atoms with E-state index in [4.69, 9.17) is 35.3 Å². The van der Waals surface area contributed by atoms with Crippen LogP contribution in [0.15, 0.2) is 36.4 Å². The molecule has 0 radical (unpaired) electrons. The van der Waals surface area contributed by atoms with Crippen LogP contribution >= 0.6 is 11.6 Å². The fraction of sp³-hybridized carbons (Fsp3) is 0.796. The molecule has 61 heavy (non-hydrogen) atoms. The fourth-order valence-corrected chi connectivity index (χ4v) is 11.6. The largest absolute Gasteiger partial charge is 0.392 e. The fourth-order valence-electron chi connectivity index (χ4n) is 11.4. The van der Waals surface area contributed by atoms with Crippen molar-refractivity contribution in [2.75, 3.05) is 0 Å². The Hall–Kier alpha value is -1.93. The predicted molar refractivity (Wildman–Crippen MR) is 234 cm³/mol. The Labute approximate surface area is 370 Å². The van der Waals surface area contributed by atoms with Crippen molar-refractivity contribution in [2.45, 2.75) is 205 Å². The molecule has 18 atom stereocenters. The highest BCUT2D eigenvalue weighted by molar-refractivity contribution is 6.30. The molecule has 4 N–H and O–H groups in total. The van der Waals surface area contributed by atoms with Gasteiger partial charge >= 0.3 is 0 Å². The van der Waals surface area contributed by atoms with Gasteiger partial charge in [-0.15, -0.1) is 0 Å². The summed E-state index contributed by atoms with van der Waals surface area (Å²) >= 11 is 6.05. The molecule has 1 aromatic rings. The number of Topliss-reactive ketones (excluding diaryl/α,β-unsaturated/α-hetero) is 1. The number of ketones is 1. The van der Waals surface area contributed by atoms with Crippen molar-refractivity contribution in [3.05, 3.63) is 47.0 Å². The van der Waals surface area contributed by atoms with Gasteiger partial charge in [-0.25, -0.2) is 0 Å². The minimum absolute atomic E-state index is 0.0135. The molecule has 2 spiro atoms. The molecule has 4 fully saturated rings. The molecular formula is C49H76ClNO10. The lowest BCUT2D eigenvalue weighted by molar-refractivity contribution is -0.409.